The summed E-state index contributed by atoms with van der Waals surface area (Å²) in [6.07, 6.45) is 1.60. The van der Waals surface area contributed by atoms with Crippen molar-refractivity contribution in [2.45, 2.75) is 6.92 Å². The van der Waals surface area contributed by atoms with E-state index in [2.05, 4.69) is 26.2 Å². The third kappa shape index (κ3) is 2.90. The Bertz CT molecular complexity index is 540. The van der Waals surface area contributed by atoms with Crippen LogP contribution < -0.4 is 11.1 Å². The lowest BCUT2D eigenvalue weighted by molar-refractivity contribution is 1.30. The predicted octanol–water partition coefficient (Wildman–Crippen LogP) is 4.13. The average molecular weight is 313 g/mol. The number of hydrogen-bond acceptors (Lipinski definition) is 3. The Morgan fingerprint density at radius 2 is 2.12 bits per heavy atom. The van der Waals surface area contributed by atoms with E-state index in [1.54, 1.807) is 12.3 Å². The molecule has 0 unspecified atom stereocenters. The van der Waals surface area contributed by atoms with Crippen LogP contribution in [-0.2, 0) is 0 Å². The first-order chi connectivity index (χ1) is 8.06. The molecule has 0 saturated carbocycles. The number of nitrogen functional groups attached to an aromatic ring is 1. The van der Waals surface area contributed by atoms with Crippen LogP contribution in [0.25, 0.3) is 0 Å². The van der Waals surface area contributed by atoms with Crippen LogP contribution in [0.3, 0.4) is 0 Å². The van der Waals surface area contributed by atoms with E-state index in [1.807, 2.05) is 25.1 Å². The molecule has 3 nitrogen and oxygen atoms in total. The van der Waals surface area contributed by atoms with Crippen LogP contribution >= 0.6 is 27.5 Å². The molecule has 0 bridgehead atoms. The van der Waals surface area contributed by atoms with E-state index in [-0.39, 0.29) is 0 Å². The predicted molar refractivity (Wildman–Crippen MR) is 75.8 cm³/mol. The third-order valence-corrected chi connectivity index (χ3v) is 3.36. The highest BCUT2D eigenvalue weighted by Crippen LogP contribution is 2.30. The minimum absolute atomic E-state index is 0.636. The number of hydrogen-bond donors (Lipinski definition) is 2. The molecule has 2 aromatic rings. The molecule has 2 rings (SSSR count). The van der Waals surface area contributed by atoms with E-state index in [0.29, 0.717) is 10.7 Å². The second-order valence-electron chi connectivity index (χ2n) is 3.68. The van der Waals surface area contributed by atoms with Crippen LogP contribution in [0.5, 0.6) is 0 Å². The largest absolute Gasteiger partial charge is 0.397 e. The summed E-state index contributed by atoms with van der Waals surface area (Å²) in [6.45, 7) is 1.96. The summed E-state index contributed by atoms with van der Waals surface area (Å²) in [5, 5.41) is 3.88. The number of benzene rings is 1. The van der Waals surface area contributed by atoms with E-state index < -0.39 is 0 Å². The van der Waals surface area contributed by atoms with Crippen LogP contribution in [0.1, 0.15) is 5.56 Å². The van der Waals surface area contributed by atoms with Gasteiger partial charge in [-0.2, -0.15) is 0 Å². The van der Waals surface area contributed by atoms with E-state index in [4.69, 9.17) is 17.3 Å². The van der Waals surface area contributed by atoms with Crippen LogP contribution in [0.2, 0.25) is 5.02 Å². The zero-order chi connectivity index (χ0) is 12.4. The number of halogens is 2. The highest BCUT2D eigenvalue weighted by Gasteiger charge is 2.05. The normalized spacial score (nSPS) is 10.3. The van der Waals surface area contributed by atoms with Crippen molar-refractivity contribution >= 4 is 44.7 Å². The number of aryl methyl sites for hydroxylation is 1. The first kappa shape index (κ1) is 12.2. The van der Waals surface area contributed by atoms with Gasteiger partial charge in [0.15, 0.2) is 0 Å². The summed E-state index contributed by atoms with van der Waals surface area (Å²) in [6, 6.07) is 7.43. The number of nitrogens with one attached hydrogen (secondary N) is 1. The fourth-order valence-corrected chi connectivity index (χ4v) is 2.08. The molecule has 88 valence electrons. The average Bonchev–Trinajstić information content (AvgIpc) is 2.29. The van der Waals surface area contributed by atoms with Crippen molar-refractivity contribution < 1.29 is 0 Å². The summed E-state index contributed by atoms with van der Waals surface area (Å²) >= 11 is 9.56. The molecule has 1 aromatic heterocycles. The molecule has 0 fully saturated rings. The van der Waals surface area contributed by atoms with Crippen LogP contribution in [-0.4, -0.2) is 4.98 Å². The van der Waals surface area contributed by atoms with Crippen molar-refractivity contribution in [1.82, 2.24) is 4.98 Å². The summed E-state index contributed by atoms with van der Waals surface area (Å²) in [5.41, 5.74) is 8.10. The Morgan fingerprint density at radius 3 is 2.76 bits per heavy atom. The Morgan fingerprint density at radius 1 is 1.35 bits per heavy atom. The smallest absolute Gasteiger partial charge is 0.130 e. The van der Waals surface area contributed by atoms with Gasteiger partial charge in [-0.15, -0.1) is 0 Å². The zero-order valence-electron chi connectivity index (χ0n) is 9.17. The summed E-state index contributed by atoms with van der Waals surface area (Å²) in [5.74, 6) is 0.722. The molecule has 0 aliphatic heterocycles. The Kier molecular flexibility index (Phi) is 3.54. The van der Waals surface area contributed by atoms with Gasteiger partial charge >= 0.3 is 0 Å². The molecule has 0 atom stereocenters. The SMILES string of the molecule is Cc1cc(Br)c(Nc2ccc(N)cn2)cc1Cl. The van der Waals surface area contributed by atoms with Gasteiger partial charge in [0.25, 0.3) is 0 Å². The molecular weight excluding hydrogens is 302 g/mol. The van der Waals surface area contributed by atoms with Crippen molar-refractivity contribution in [1.29, 1.82) is 0 Å². The zero-order valence-corrected chi connectivity index (χ0v) is 11.5. The number of nitrogens with zero attached hydrogens (tertiary/aromatic N) is 1. The summed E-state index contributed by atoms with van der Waals surface area (Å²) in [7, 11) is 0. The molecule has 0 spiro atoms. The first-order valence-corrected chi connectivity index (χ1v) is 6.17. The van der Waals surface area contributed by atoms with Crippen molar-refractivity contribution in [3.63, 3.8) is 0 Å². The highest BCUT2D eigenvalue weighted by atomic mass is 79.9. The fourth-order valence-electron chi connectivity index (χ4n) is 1.36. The molecule has 5 heteroatoms. The lowest BCUT2D eigenvalue weighted by Crippen LogP contribution is -1.96. The van der Waals surface area contributed by atoms with Gasteiger partial charge in [0.2, 0.25) is 0 Å². The Balaban J connectivity index is 2.30. The maximum Gasteiger partial charge on any atom is 0.130 e. The number of nitrogens with two attached hydrogens (primary N) is 1. The monoisotopic (exact) mass is 311 g/mol. The van der Waals surface area contributed by atoms with E-state index >= 15 is 0 Å². The maximum atomic E-state index is 6.08. The summed E-state index contributed by atoms with van der Waals surface area (Å²) < 4.78 is 0.943. The van der Waals surface area contributed by atoms with Gasteiger partial charge < -0.3 is 11.1 Å². The van der Waals surface area contributed by atoms with Crippen molar-refractivity contribution in [3.8, 4) is 0 Å². The lowest BCUT2D eigenvalue weighted by atomic mass is 10.2. The van der Waals surface area contributed by atoms with Crippen molar-refractivity contribution in [3.05, 3.63) is 45.5 Å². The van der Waals surface area contributed by atoms with Crippen molar-refractivity contribution in [2.24, 2.45) is 0 Å². The van der Waals surface area contributed by atoms with Crippen LogP contribution in [0.4, 0.5) is 17.2 Å². The molecule has 3 N–H and O–H groups in total. The molecule has 0 aliphatic carbocycles. The molecule has 1 aromatic carbocycles. The fraction of sp³-hybridized carbons (Fsp3) is 0.0833. The minimum atomic E-state index is 0.636. The highest BCUT2D eigenvalue weighted by molar-refractivity contribution is 9.10. The molecule has 17 heavy (non-hydrogen) atoms. The molecule has 1 heterocycles. The van der Waals surface area contributed by atoms with Gasteiger partial charge in [-0.25, -0.2) is 4.98 Å². The molecular formula is C12H11BrClN3. The van der Waals surface area contributed by atoms with Gasteiger partial charge in [0, 0.05) is 9.50 Å². The van der Waals surface area contributed by atoms with E-state index in [9.17, 15) is 0 Å². The topological polar surface area (TPSA) is 50.9 Å². The molecule has 0 aliphatic rings. The van der Waals surface area contributed by atoms with E-state index in [0.717, 1.165) is 21.5 Å². The second-order valence-corrected chi connectivity index (χ2v) is 4.94. The van der Waals surface area contributed by atoms with Crippen molar-refractivity contribution in [2.75, 3.05) is 11.1 Å². The number of aromatic nitrogens is 1. The van der Waals surface area contributed by atoms with Crippen LogP contribution in [0, 0.1) is 6.92 Å². The van der Waals surface area contributed by atoms with Gasteiger partial charge in [0.05, 0.1) is 17.6 Å². The van der Waals surface area contributed by atoms with Crippen LogP contribution in [0.15, 0.2) is 34.9 Å². The first-order valence-electron chi connectivity index (χ1n) is 5.00. The number of rotatable bonds is 2. The summed E-state index contributed by atoms with van der Waals surface area (Å²) in [4.78, 5) is 4.17. The minimum Gasteiger partial charge on any atom is -0.397 e. The standard InChI is InChI=1S/C12H11BrClN3/c1-7-4-9(13)11(5-10(7)14)17-12-3-2-8(15)6-16-12/h2-6H,15H2,1H3,(H,16,17). The van der Waals surface area contributed by atoms with Gasteiger partial charge in [-0.1, -0.05) is 11.6 Å². The van der Waals surface area contributed by atoms with Gasteiger partial charge in [-0.3, -0.25) is 0 Å². The molecule has 0 saturated heterocycles. The molecule has 0 radical (unpaired) electrons. The third-order valence-electron chi connectivity index (χ3n) is 2.30. The maximum absolute atomic E-state index is 6.08. The van der Waals surface area contributed by atoms with E-state index in [1.165, 1.54) is 0 Å². The van der Waals surface area contributed by atoms with Gasteiger partial charge in [0.1, 0.15) is 5.82 Å². The van der Waals surface area contributed by atoms with Gasteiger partial charge in [-0.05, 0) is 52.7 Å². The number of pyridine rings is 1. The Hall–Kier alpha value is -1.26. The molecule has 0 amide bonds. The second kappa shape index (κ2) is 4.94. The Labute approximate surface area is 113 Å². The quantitative estimate of drug-likeness (QED) is 0.876. The lowest BCUT2D eigenvalue weighted by Gasteiger charge is -2.10. The number of anilines is 3.